The first kappa shape index (κ1) is 18.9. The monoisotopic (exact) mass is 366 g/mol. The molecule has 0 saturated carbocycles. The summed E-state index contributed by atoms with van der Waals surface area (Å²) in [6.07, 6.45) is 3.38. The van der Waals surface area contributed by atoms with E-state index in [4.69, 9.17) is 9.47 Å². The molecule has 5 nitrogen and oxygen atoms in total. The number of ether oxygens (including phenoxy) is 2. The predicted octanol–water partition coefficient (Wildman–Crippen LogP) is 3.25. The standard InChI is InChI=1S/C22H22O5/c23-20-12-11-18(14-26-21(24)16-7-3-1-4-8-16)19(13-20)15-27-22(25)17-9-5-2-6-10-17/h1-12,18-20,23H,13-15H2/t18-,19-,20-/m1/s1. The topological polar surface area (TPSA) is 72.8 Å². The second-order valence-corrected chi connectivity index (χ2v) is 6.54. The molecule has 0 aromatic heterocycles. The van der Waals surface area contributed by atoms with Crippen molar-refractivity contribution in [3.05, 3.63) is 83.9 Å². The quantitative estimate of drug-likeness (QED) is 0.628. The van der Waals surface area contributed by atoms with Crippen LogP contribution in [0.2, 0.25) is 0 Å². The van der Waals surface area contributed by atoms with Gasteiger partial charge in [0, 0.05) is 11.8 Å². The third kappa shape index (κ3) is 5.28. The summed E-state index contributed by atoms with van der Waals surface area (Å²) in [5, 5.41) is 9.90. The Bertz CT molecular complexity index is 785. The molecule has 0 amide bonds. The molecule has 27 heavy (non-hydrogen) atoms. The van der Waals surface area contributed by atoms with Crippen LogP contribution in [0.15, 0.2) is 72.8 Å². The van der Waals surface area contributed by atoms with Crippen LogP contribution in [0, 0.1) is 11.8 Å². The number of esters is 2. The van der Waals surface area contributed by atoms with Gasteiger partial charge in [0.1, 0.15) is 0 Å². The van der Waals surface area contributed by atoms with Gasteiger partial charge in [0.25, 0.3) is 0 Å². The highest BCUT2D eigenvalue weighted by molar-refractivity contribution is 5.89. The molecule has 0 bridgehead atoms. The molecule has 0 aliphatic heterocycles. The fraction of sp³-hybridized carbons (Fsp3) is 0.273. The number of carbonyl (C=O) groups excluding carboxylic acids is 2. The summed E-state index contributed by atoms with van der Waals surface area (Å²) in [7, 11) is 0. The molecule has 0 radical (unpaired) electrons. The molecule has 3 atom stereocenters. The first-order chi connectivity index (χ1) is 13.1. The Morgan fingerprint density at radius 2 is 1.33 bits per heavy atom. The van der Waals surface area contributed by atoms with E-state index in [0.29, 0.717) is 17.5 Å². The number of aliphatic hydroxyl groups excluding tert-OH is 1. The third-order valence-electron chi connectivity index (χ3n) is 4.58. The van der Waals surface area contributed by atoms with E-state index < -0.39 is 18.0 Å². The van der Waals surface area contributed by atoms with E-state index in [1.165, 1.54) is 0 Å². The van der Waals surface area contributed by atoms with Gasteiger partial charge in [0.15, 0.2) is 0 Å². The smallest absolute Gasteiger partial charge is 0.338 e. The number of carbonyl (C=O) groups is 2. The van der Waals surface area contributed by atoms with E-state index in [1.54, 1.807) is 54.6 Å². The molecule has 2 aromatic carbocycles. The van der Waals surface area contributed by atoms with E-state index in [0.717, 1.165) is 0 Å². The molecule has 2 aromatic rings. The second-order valence-electron chi connectivity index (χ2n) is 6.54. The van der Waals surface area contributed by atoms with Gasteiger partial charge in [0.2, 0.25) is 0 Å². The average molecular weight is 366 g/mol. The maximum atomic E-state index is 12.1. The Labute approximate surface area is 158 Å². The van der Waals surface area contributed by atoms with Gasteiger partial charge in [-0.15, -0.1) is 0 Å². The molecule has 1 aliphatic rings. The first-order valence-electron chi connectivity index (χ1n) is 8.94. The molecular weight excluding hydrogens is 344 g/mol. The maximum absolute atomic E-state index is 12.1. The molecule has 5 heteroatoms. The van der Waals surface area contributed by atoms with E-state index in [-0.39, 0.29) is 25.0 Å². The van der Waals surface area contributed by atoms with Crippen LogP contribution in [0.1, 0.15) is 27.1 Å². The van der Waals surface area contributed by atoms with Gasteiger partial charge in [-0.3, -0.25) is 0 Å². The lowest BCUT2D eigenvalue weighted by Gasteiger charge is -2.29. The van der Waals surface area contributed by atoms with E-state index >= 15 is 0 Å². The fourth-order valence-corrected chi connectivity index (χ4v) is 3.04. The molecule has 140 valence electrons. The number of rotatable bonds is 6. The zero-order valence-corrected chi connectivity index (χ0v) is 14.9. The van der Waals surface area contributed by atoms with Crippen molar-refractivity contribution in [1.82, 2.24) is 0 Å². The predicted molar refractivity (Wildman–Crippen MR) is 100 cm³/mol. The molecule has 0 heterocycles. The van der Waals surface area contributed by atoms with Gasteiger partial charge < -0.3 is 14.6 Å². The summed E-state index contributed by atoms with van der Waals surface area (Å²) < 4.78 is 10.8. The maximum Gasteiger partial charge on any atom is 0.338 e. The van der Waals surface area contributed by atoms with Crippen molar-refractivity contribution in [2.45, 2.75) is 12.5 Å². The molecule has 0 fully saturated rings. The molecule has 1 N–H and O–H groups in total. The minimum atomic E-state index is -0.591. The van der Waals surface area contributed by atoms with Crippen molar-refractivity contribution in [3.8, 4) is 0 Å². The Kier molecular flexibility index (Phi) is 6.39. The minimum absolute atomic E-state index is 0.121. The molecule has 0 unspecified atom stereocenters. The van der Waals surface area contributed by atoms with E-state index in [1.807, 2.05) is 18.2 Å². The summed E-state index contributed by atoms with van der Waals surface area (Å²) in [6, 6.07) is 17.5. The Morgan fingerprint density at radius 1 is 0.815 bits per heavy atom. The summed E-state index contributed by atoms with van der Waals surface area (Å²) in [5.74, 6) is -1.04. The Hall–Kier alpha value is -2.92. The summed E-state index contributed by atoms with van der Waals surface area (Å²) in [4.78, 5) is 24.3. The zero-order chi connectivity index (χ0) is 19.1. The largest absolute Gasteiger partial charge is 0.462 e. The Morgan fingerprint density at radius 3 is 1.89 bits per heavy atom. The first-order valence-corrected chi connectivity index (χ1v) is 8.94. The lowest BCUT2D eigenvalue weighted by Crippen LogP contribution is -2.31. The van der Waals surface area contributed by atoms with Crippen LogP contribution in [0.25, 0.3) is 0 Å². The van der Waals surface area contributed by atoms with Crippen LogP contribution in [-0.4, -0.2) is 36.4 Å². The lowest BCUT2D eigenvalue weighted by atomic mass is 9.83. The van der Waals surface area contributed by atoms with Crippen LogP contribution in [0.3, 0.4) is 0 Å². The molecule has 3 rings (SSSR count). The number of hydrogen-bond donors (Lipinski definition) is 1. The SMILES string of the molecule is O=C(OC[C@H]1C[C@H](O)C=C[C@@H]1COC(=O)c1ccccc1)c1ccccc1. The van der Waals surface area contributed by atoms with Crippen LogP contribution >= 0.6 is 0 Å². The molecule has 0 saturated heterocycles. The Balaban J connectivity index is 1.57. The van der Waals surface area contributed by atoms with Crippen LogP contribution in [0.4, 0.5) is 0 Å². The molecular formula is C22H22O5. The third-order valence-corrected chi connectivity index (χ3v) is 4.58. The van der Waals surface area contributed by atoms with Crippen molar-refractivity contribution >= 4 is 11.9 Å². The van der Waals surface area contributed by atoms with Gasteiger partial charge in [-0.25, -0.2) is 9.59 Å². The lowest BCUT2D eigenvalue weighted by molar-refractivity contribution is 0.0191. The number of benzene rings is 2. The highest BCUT2D eigenvalue weighted by Crippen LogP contribution is 2.26. The summed E-state index contributed by atoms with van der Waals surface area (Å²) in [5.41, 5.74) is 0.973. The highest BCUT2D eigenvalue weighted by atomic mass is 16.5. The van der Waals surface area contributed by atoms with Crippen molar-refractivity contribution in [3.63, 3.8) is 0 Å². The summed E-state index contributed by atoms with van der Waals surface area (Å²) >= 11 is 0. The van der Waals surface area contributed by atoms with Gasteiger partial charge in [-0.05, 0) is 30.7 Å². The number of hydrogen-bond acceptors (Lipinski definition) is 5. The zero-order valence-electron chi connectivity index (χ0n) is 14.9. The molecule has 0 spiro atoms. The highest BCUT2D eigenvalue weighted by Gasteiger charge is 2.28. The summed E-state index contributed by atoms with van der Waals surface area (Å²) in [6.45, 7) is 0.327. The second kappa shape index (κ2) is 9.14. The van der Waals surface area contributed by atoms with Gasteiger partial charge >= 0.3 is 11.9 Å². The average Bonchev–Trinajstić information content (AvgIpc) is 2.72. The fourth-order valence-electron chi connectivity index (χ4n) is 3.04. The van der Waals surface area contributed by atoms with Gasteiger partial charge in [0.05, 0.1) is 30.4 Å². The van der Waals surface area contributed by atoms with Crippen molar-refractivity contribution in [1.29, 1.82) is 0 Å². The van der Waals surface area contributed by atoms with Crippen LogP contribution in [-0.2, 0) is 9.47 Å². The minimum Gasteiger partial charge on any atom is -0.462 e. The van der Waals surface area contributed by atoms with Crippen LogP contribution in [0.5, 0.6) is 0 Å². The normalized spacial score (nSPS) is 21.4. The van der Waals surface area contributed by atoms with Gasteiger partial charge in [-0.2, -0.15) is 0 Å². The van der Waals surface area contributed by atoms with Crippen LogP contribution < -0.4 is 0 Å². The van der Waals surface area contributed by atoms with E-state index in [2.05, 4.69) is 0 Å². The van der Waals surface area contributed by atoms with Gasteiger partial charge in [-0.1, -0.05) is 48.6 Å². The van der Waals surface area contributed by atoms with Crippen molar-refractivity contribution in [2.75, 3.05) is 13.2 Å². The van der Waals surface area contributed by atoms with Crippen molar-refractivity contribution < 1.29 is 24.2 Å². The molecule has 1 aliphatic carbocycles. The van der Waals surface area contributed by atoms with E-state index in [9.17, 15) is 14.7 Å². The van der Waals surface area contributed by atoms with Crippen molar-refractivity contribution in [2.24, 2.45) is 11.8 Å². The number of aliphatic hydroxyl groups is 1.